The largest absolute Gasteiger partial charge is 0.493 e. The first-order valence-corrected chi connectivity index (χ1v) is 9.63. The first kappa shape index (κ1) is 19.6. The Hall–Kier alpha value is -2.15. The molecule has 0 bridgehead atoms. The molecule has 0 atom stereocenters. The highest BCUT2D eigenvalue weighted by atomic mass is 35.5. The van der Waals surface area contributed by atoms with E-state index in [1.165, 1.54) is 11.8 Å². The number of amides is 1. The molecule has 1 aliphatic heterocycles. The van der Waals surface area contributed by atoms with Crippen molar-refractivity contribution in [1.82, 2.24) is 5.32 Å². The summed E-state index contributed by atoms with van der Waals surface area (Å²) in [5.74, 6) is 1.04. The van der Waals surface area contributed by atoms with Crippen LogP contribution in [0.3, 0.4) is 0 Å². The van der Waals surface area contributed by atoms with Gasteiger partial charge in [0.25, 0.3) is 5.91 Å². The molecule has 1 aliphatic rings. The van der Waals surface area contributed by atoms with E-state index in [0.717, 1.165) is 5.56 Å². The third-order valence-corrected chi connectivity index (χ3v) is 5.02. The fourth-order valence-corrected chi connectivity index (χ4v) is 3.65. The molecule has 140 valence electrons. The predicted octanol–water partition coefficient (Wildman–Crippen LogP) is 5.29. The molecule has 2 aromatic carbocycles. The molecule has 0 radical (unpaired) electrons. The molecule has 0 aromatic heterocycles. The number of rotatable bonds is 5. The predicted molar refractivity (Wildman–Crippen MR) is 111 cm³/mol. The summed E-state index contributed by atoms with van der Waals surface area (Å²) in [7, 11) is 1.58. The second kappa shape index (κ2) is 8.69. The van der Waals surface area contributed by atoms with Crippen LogP contribution in [-0.2, 0) is 4.79 Å². The Bertz CT molecular complexity index is 945. The van der Waals surface area contributed by atoms with Crippen LogP contribution in [0.25, 0.3) is 6.08 Å². The van der Waals surface area contributed by atoms with Crippen LogP contribution in [0.15, 0.2) is 46.3 Å². The lowest BCUT2D eigenvalue weighted by Crippen LogP contribution is -2.19. The Morgan fingerprint density at radius 1 is 1.19 bits per heavy atom. The maximum absolute atomic E-state index is 12.3. The van der Waals surface area contributed by atoms with Gasteiger partial charge >= 0.3 is 0 Å². The number of hydrogen-bond donors (Lipinski definition) is 1. The first-order valence-electron chi connectivity index (χ1n) is 8.05. The average Bonchev–Trinajstić information content (AvgIpc) is 2.98. The van der Waals surface area contributed by atoms with Gasteiger partial charge in [0.05, 0.1) is 29.3 Å². The van der Waals surface area contributed by atoms with E-state index in [1.807, 2.05) is 25.1 Å². The molecule has 2 aromatic rings. The summed E-state index contributed by atoms with van der Waals surface area (Å²) in [6, 6.07) is 10.5. The van der Waals surface area contributed by atoms with E-state index in [4.69, 9.17) is 32.7 Å². The third kappa shape index (κ3) is 4.77. The molecule has 5 nitrogen and oxygen atoms in total. The Morgan fingerprint density at radius 3 is 2.70 bits per heavy atom. The van der Waals surface area contributed by atoms with Crippen molar-refractivity contribution in [2.45, 2.75) is 6.92 Å². The zero-order valence-electron chi connectivity index (χ0n) is 14.6. The monoisotopic (exact) mass is 422 g/mol. The molecule has 1 N–H and O–H groups in total. The van der Waals surface area contributed by atoms with Gasteiger partial charge in [-0.1, -0.05) is 29.3 Å². The number of halogens is 2. The number of hydrogen-bond acceptors (Lipinski definition) is 5. The Labute approximate surface area is 171 Å². The highest BCUT2D eigenvalue weighted by Gasteiger charge is 2.24. The van der Waals surface area contributed by atoms with Crippen LogP contribution >= 0.6 is 35.0 Å². The van der Waals surface area contributed by atoms with Crippen LogP contribution in [0, 0.1) is 0 Å². The van der Waals surface area contributed by atoms with E-state index < -0.39 is 0 Å². The van der Waals surface area contributed by atoms with Crippen LogP contribution in [0.5, 0.6) is 11.5 Å². The van der Waals surface area contributed by atoms with Gasteiger partial charge in [0.15, 0.2) is 16.7 Å². The van der Waals surface area contributed by atoms with Gasteiger partial charge in [-0.05, 0) is 60.7 Å². The van der Waals surface area contributed by atoms with Crippen LogP contribution in [-0.4, -0.2) is 24.8 Å². The second-order valence-electron chi connectivity index (χ2n) is 5.42. The Kier molecular flexibility index (Phi) is 6.31. The molecule has 0 aliphatic carbocycles. The van der Waals surface area contributed by atoms with E-state index in [9.17, 15) is 4.79 Å². The van der Waals surface area contributed by atoms with Crippen LogP contribution in [0.1, 0.15) is 12.5 Å². The summed E-state index contributed by atoms with van der Waals surface area (Å²) in [6.45, 7) is 2.45. The molecule has 1 fully saturated rings. The highest BCUT2D eigenvalue weighted by Crippen LogP contribution is 2.34. The maximum Gasteiger partial charge on any atom is 0.264 e. The number of amidine groups is 1. The number of nitrogens with one attached hydrogen (secondary N) is 1. The lowest BCUT2D eigenvalue weighted by molar-refractivity contribution is -0.115. The number of benzene rings is 2. The van der Waals surface area contributed by atoms with Crippen molar-refractivity contribution < 1.29 is 14.3 Å². The van der Waals surface area contributed by atoms with Crippen LogP contribution < -0.4 is 14.8 Å². The maximum atomic E-state index is 12.3. The zero-order valence-corrected chi connectivity index (χ0v) is 16.9. The SMILES string of the molecule is CCOc1ccc(C=C2SC(=Nc3ccc(Cl)cc3Cl)NC2=O)cc1OC. The molecule has 0 spiro atoms. The van der Waals surface area contributed by atoms with Gasteiger partial charge in [-0.15, -0.1) is 0 Å². The molecule has 3 rings (SSSR count). The van der Waals surface area contributed by atoms with Gasteiger partial charge in [0.1, 0.15) is 0 Å². The topological polar surface area (TPSA) is 59.9 Å². The van der Waals surface area contributed by atoms with E-state index in [1.54, 1.807) is 31.4 Å². The summed E-state index contributed by atoms with van der Waals surface area (Å²) in [4.78, 5) is 17.2. The second-order valence-corrected chi connectivity index (χ2v) is 7.30. The number of thioether (sulfide) groups is 1. The van der Waals surface area contributed by atoms with Crippen molar-refractivity contribution in [1.29, 1.82) is 0 Å². The quantitative estimate of drug-likeness (QED) is 0.664. The third-order valence-electron chi connectivity index (χ3n) is 3.57. The number of carbonyl (C=O) groups excluding carboxylic acids is 1. The summed E-state index contributed by atoms with van der Waals surface area (Å²) in [5, 5.41) is 4.13. The van der Waals surface area contributed by atoms with Gasteiger partial charge in [-0.25, -0.2) is 4.99 Å². The average molecular weight is 423 g/mol. The smallest absolute Gasteiger partial charge is 0.264 e. The molecular formula is C19H16Cl2N2O3S. The van der Waals surface area contributed by atoms with E-state index in [2.05, 4.69) is 10.3 Å². The highest BCUT2D eigenvalue weighted by molar-refractivity contribution is 8.18. The molecule has 1 amide bonds. The van der Waals surface area contributed by atoms with Gasteiger partial charge in [-0.2, -0.15) is 0 Å². The number of aliphatic imine (C=N–C) groups is 1. The number of methoxy groups -OCH3 is 1. The molecule has 0 unspecified atom stereocenters. The zero-order chi connectivity index (χ0) is 19.4. The van der Waals surface area contributed by atoms with Crippen LogP contribution in [0.4, 0.5) is 5.69 Å². The number of carbonyl (C=O) groups is 1. The minimum Gasteiger partial charge on any atom is -0.493 e. The molecule has 1 heterocycles. The summed E-state index contributed by atoms with van der Waals surface area (Å²) in [5.41, 5.74) is 1.35. The minimum atomic E-state index is -0.225. The fraction of sp³-hybridized carbons (Fsp3) is 0.158. The van der Waals surface area contributed by atoms with E-state index >= 15 is 0 Å². The van der Waals surface area contributed by atoms with Crippen molar-refractivity contribution in [3.63, 3.8) is 0 Å². The lowest BCUT2D eigenvalue weighted by Gasteiger charge is -2.09. The van der Waals surface area contributed by atoms with Gasteiger partial charge < -0.3 is 14.8 Å². The molecule has 0 saturated carbocycles. The molecule has 27 heavy (non-hydrogen) atoms. The van der Waals surface area contributed by atoms with E-state index in [0.29, 0.717) is 43.9 Å². The number of nitrogens with zero attached hydrogens (tertiary/aromatic N) is 1. The molecular weight excluding hydrogens is 407 g/mol. The summed E-state index contributed by atoms with van der Waals surface area (Å²) >= 11 is 13.3. The summed E-state index contributed by atoms with van der Waals surface area (Å²) in [6.07, 6.45) is 1.77. The standard InChI is InChI=1S/C19H16Cl2N2O3S/c1-3-26-15-7-4-11(8-16(15)25-2)9-17-18(24)23-19(27-17)22-14-6-5-12(20)10-13(14)21/h4-10H,3H2,1-2H3,(H,22,23,24). The molecule has 8 heteroatoms. The van der Waals surface area contributed by atoms with Gasteiger partial charge in [0, 0.05) is 5.02 Å². The van der Waals surface area contributed by atoms with E-state index in [-0.39, 0.29) is 5.91 Å². The van der Waals surface area contributed by atoms with Crippen molar-refractivity contribution >= 4 is 57.8 Å². The van der Waals surface area contributed by atoms with Crippen molar-refractivity contribution in [2.24, 2.45) is 4.99 Å². The summed E-state index contributed by atoms with van der Waals surface area (Å²) < 4.78 is 10.8. The minimum absolute atomic E-state index is 0.225. The Morgan fingerprint density at radius 2 is 2.00 bits per heavy atom. The molecule has 1 saturated heterocycles. The Balaban J connectivity index is 1.84. The van der Waals surface area contributed by atoms with Crippen molar-refractivity contribution in [2.75, 3.05) is 13.7 Å². The number of ether oxygens (including phenoxy) is 2. The van der Waals surface area contributed by atoms with Gasteiger partial charge in [-0.3, -0.25) is 4.79 Å². The first-order chi connectivity index (χ1) is 13.0. The van der Waals surface area contributed by atoms with Crippen molar-refractivity contribution in [3.8, 4) is 11.5 Å². The van der Waals surface area contributed by atoms with Crippen LogP contribution in [0.2, 0.25) is 10.0 Å². The lowest BCUT2D eigenvalue weighted by atomic mass is 10.2. The fourth-order valence-electron chi connectivity index (χ4n) is 2.36. The normalized spacial score (nSPS) is 16.7. The van der Waals surface area contributed by atoms with Gasteiger partial charge in [0.2, 0.25) is 0 Å². The van der Waals surface area contributed by atoms with Crippen molar-refractivity contribution in [3.05, 3.63) is 56.9 Å².